The normalized spacial score (nSPS) is 14.8. The number of hydrogen-bond donors (Lipinski definition) is 0. The van der Waals surface area contributed by atoms with Crippen LogP contribution in [0, 0.1) is 29.2 Å². The van der Waals surface area contributed by atoms with Gasteiger partial charge < -0.3 is 4.74 Å². The fraction of sp³-hybridized carbons (Fsp3) is 0.364. The summed E-state index contributed by atoms with van der Waals surface area (Å²) in [7, 11) is 0. The van der Waals surface area contributed by atoms with E-state index in [1.54, 1.807) is 0 Å². The summed E-state index contributed by atoms with van der Waals surface area (Å²) >= 11 is 0. The van der Waals surface area contributed by atoms with Gasteiger partial charge in [0.1, 0.15) is 6.61 Å². The summed E-state index contributed by atoms with van der Waals surface area (Å²) in [6, 6.07) is 0.108. The first-order chi connectivity index (χ1) is 8.00. The van der Waals surface area contributed by atoms with E-state index in [0.717, 1.165) is 0 Å². The molecule has 0 unspecified atom stereocenters. The fourth-order valence-electron chi connectivity index (χ4n) is 1.33. The van der Waals surface area contributed by atoms with Gasteiger partial charge in [-0.25, -0.2) is 17.6 Å². The van der Waals surface area contributed by atoms with Crippen molar-refractivity contribution >= 4 is 5.97 Å². The summed E-state index contributed by atoms with van der Waals surface area (Å²) in [5.41, 5.74) is -0.906. The van der Waals surface area contributed by atoms with Crippen LogP contribution in [0.15, 0.2) is 6.07 Å². The lowest BCUT2D eigenvalue weighted by Gasteiger charge is -2.07. The molecule has 1 saturated carbocycles. The molecule has 0 atom stereocenters. The van der Waals surface area contributed by atoms with Gasteiger partial charge in [0.05, 0.1) is 11.5 Å². The number of hydrogen-bond acceptors (Lipinski definition) is 2. The predicted molar refractivity (Wildman–Crippen MR) is 48.8 cm³/mol. The van der Waals surface area contributed by atoms with E-state index < -0.39 is 41.4 Å². The van der Waals surface area contributed by atoms with E-state index in [-0.39, 0.29) is 12.0 Å². The summed E-state index contributed by atoms with van der Waals surface area (Å²) in [5.74, 6) is -6.95. The van der Waals surface area contributed by atoms with E-state index >= 15 is 0 Å². The number of carbonyl (C=O) groups is 1. The zero-order chi connectivity index (χ0) is 12.6. The Labute approximate surface area is 94.2 Å². The summed E-state index contributed by atoms with van der Waals surface area (Å²) < 4.78 is 56.4. The van der Waals surface area contributed by atoms with E-state index in [0.29, 0.717) is 12.8 Å². The second-order valence-electron chi connectivity index (χ2n) is 3.83. The summed E-state index contributed by atoms with van der Waals surface area (Å²) in [6.07, 6.45) is 1.34. The lowest BCUT2D eigenvalue weighted by Crippen LogP contribution is -2.10. The van der Waals surface area contributed by atoms with Gasteiger partial charge in [-0.2, -0.15) is 0 Å². The van der Waals surface area contributed by atoms with Crippen LogP contribution in [-0.2, 0) is 16.1 Å². The van der Waals surface area contributed by atoms with E-state index in [2.05, 4.69) is 4.74 Å². The van der Waals surface area contributed by atoms with Gasteiger partial charge in [-0.3, -0.25) is 4.79 Å². The third-order valence-electron chi connectivity index (χ3n) is 2.47. The standard InChI is InChI=1S/C11H8F4O2/c12-7-3-8(13)10(15)6(9(7)14)4-17-11(16)5-1-2-5/h3,5H,1-2,4H2. The van der Waals surface area contributed by atoms with Gasteiger partial charge in [0.15, 0.2) is 23.3 Å². The Morgan fingerprint density at radius 3 is 2.18 bits per heavy atom. The van der Waals surface area contributed by atoms with Crippen LogP contribution < -0.4 is 0 Å². The predicted octanol–water partition coefficient (Wildman–Crippen LogP) is 2.70. The Hall–Kier alpha value is -1.59. The maximum atomic E-state index is 13.1. The van der Waals surface area contributed by atoms with Gasteiger partial charge in [-0.05, 0) is 12.8 Å². The van der Waals surface area contributed by atoms with E-state index in [4.69, 9.17) is 0 Å². The highest BCUT2D eigenvalue weighted by molar-refractivity contribution is 5.74. The molecular formula is C11H8F4O2. The van der Waals surface area contributed by atoms with Crippen molar-refractivity contribution < 1.29 is 27.1 Å². The average Bonchev–Trinajstić information content (AvgIpc) is 3.10. The minimum atomic E-state index is -1.53. The maximum Gasteiger partial charge on any atom is 0.309 e. The van der Waals surface area contributed by atoms with Crippen LogP contribution in [0.2, 0.25) is 0 Å². The van der Waals surface area contributed by atoms with Crippen LogP contribution in [0.4, 0.5) is 17.6 Å². The van der Waals surface area contributed by atoms with Gasteiger partial charge in [0.25, 0.3) is 0 Å². The molecule has 2 nitrogen and oxygen atoms in total. The minimum Gasteiger partial charge on any atom is -0.460 e. The first-order valence-corrected chi connectivity index (χ1v) is 4.99. The fourth-order valence-corrected chi connectivity index (χ4v) is 1.33. The molecule has 6 heteroatoms. The van der Waals surface area contributed by atoms with Crippen molar-refractivity contribution in [1.82, 2.24) is 0 Å². The van der Waals surface area contributed by atoms with Gasteiger partial charge in [0, 0.05) is 6.07 Å². The van der Waals surface area contributed by atoms with Gasteiger partial charge >= 0.3 is 5.97 Å². The highest BCUT2D eigenvalue weighted by atomic mass is 19.2. The number of halogens is 4. The highest BCUT2D eigenvalue weighted by Gasteiger charge is 2.32. The maximum absolute atomic E-state index is 13.1. The molecule has 0 aromatic heterocycles. The van der Waals surface area contributed by atoms with Crippen molar-refractivity contribution in [2.75, 3.05) is 0 Å². The van der Waals surface area contributed by atoms with Crippen LogP contribution in [0.3, 0.4) is 0 Å². The lowest BCUT2D eigenvalue weighted by atomic mass is 10.2. The topological polar surface area (TPSA) is 26.3 Å². The Morgan fingerprint density at radius 1 is 1.18 bits per heavy atom. The Bertz CT molecular complexity index is 443. The highest BCUT2D eigenvalue weighted by Crippen LogP contribution is 2.30. The summed E-state index contributed by atoms with van der Waals surface area (Å²) in [6.45, 7) is -0.804. The molecule has 1 aliphatic rings. The second-order valence-corrected chi connectivity index (χ2v) is 3.83. The number of esters is 1. The molecule has 2 rings (SSSR count). The molecule has 92 valence electrons. The number of carbonyl (C=O) groups excluding carboxylic acids is 1. The van der Waals surface area contributed by atoms with Crippen molar-refractivity contribution in [2.24, 2.45) is 5.92 Å². The van der Waals surface area contributed by atoms with E-state index in [1.165, 1.54) is 0 Å². The monoisotopic (exact) mass is 248 g/mol. The van der Waals surface area contributed by atoms with Crippen molar-refractivity contribution in [3.63, 3.8) is 0 Å². The first kappa shape index (κ1) is 11.9. The molecule has 1 aliphatic carbocycles. The molecule has 0 aliphatic heterocycles. The van der Waals surface area contributed by atoms with Crippen LogP contribution in [0.5, 0.6) is 0 Å². The van der Waals surface area contributed by atoms with Crippen molar-refractivity contribution in [2.45, 2.75) is 19.4 Å². The van der Waals surface area contributed by atoms with Crippen LogP contribution in [-0.4, -0.2) is 5.97 Å². The molecule has 0 saturated heterocycles. The number of rotatable bonds is 3. The molecule has 0 amide bonds. The van der Waals surface area contributed by atoms with Gasteiger partial charge in [0.2, 0.25) is 0 Å². The van der Waals surface area contributed by atoms with Crippen molar-refractivity contribution in [1.29, 1.82) is 0 Å². The van der Waals surface area contributed by atoms with Crippen molar-refractivity contribution in [3.05, 3.63) is 34.9 Å². The average molecular weight is 248 g/mol. The summed E-state index contributed by atoms with van der Waals surface area (Å²) in [4.78, 5) is 11.1. The Balaban J connectivity index is 2.16. The molecule has 0 spiro atoms. The molecular weight excluding hydrogens is 240 g/mol. The zero-order valence-corrected chi connectivity index (χ0v) is 8.60. The third-order valence-corrected chi connectivity index (χ3v) is 2.47. The molecule has 0 heterocycles. The smallest absolute Gasteiger partial charge is 0.309 e. The SMILES string of the molecule is O=C(OCc1c(F)c(F)cc(F)c1F)C1CC1. The lowest BCUT2D eigenvalue weighted by molar-refractivity contribution is -0.146. The first-order valence-electron chi connectivity index (χ1n) is 4.99. The molecule has 0 radical (unpaired) electrons. The molecule has 17 heavy (non-hydrogen) atoms. The van der Waals surface area contributed by atoms with Crippen LogP contribution >= 0.6 is 0 Å². The molecule has 1 aromatic carbocycles. The number of ether oxygens (including phenoxy) is 1. The Kier molecular flexibility index (Phi) is 3.04. The zero-order valence-electron chi connectivity index (χ0n) is 8.60. The largest absolute Gasteiger partial charge is 0.460 e. The minimum absolute atomic E-state index is 0.108. The van der Waals surface area contributed by atoms with Crippen LogP contribution in [0.25, 0.3) is 0 Å². The second kappa shape index (κ2) is 4.35. The van der Waals surface area contributed by atoms with E-state index in [1.807, 2.05) is 0 Å². The van der Waals surface area contributed by atoms with Gasteiger partial charge in [-0.1, -0.05) is 0 Å². The van der Waals surface area contributed by atoms with E-state index in [9.17, 15) is 22.4 Å². The molecule has 1 aromatic rings. The quantitative estimate of drug-likeness (QED) is 0.467. The van der Waals surface area contributed by atoms with Crippen LogP contribution in [0.1, 0.15) is 18.4 Å². The number of benzene rings is 1. The van der Waals surface area contributed by atoms with Gasteiger partial charge in [-0.15, -0.1) is 0 Å². The molecule has 0 bridgehead atoms. The molecule has 0 N–H and O–H groups in total. The Morgan fingerprint density at radius 2 is 1.71 bits per heavy atom. The molecule has 1 fully saturated rings. The third kappa shape index (κ3) is 2.40. The van der Waals surface area contributed by atoms with Crippen molar-refractivity contribution in [3.8, 4) is 0 Å². The summed E-state index contributed by atoms with van der Waals surface area (Å²) in [5, 5.41) is 0.